The van der Waals surface area contributed by atoms with Gasteiger partial charge in [0, 0.05) is 6.07 Å². The van der Waals surface area contributed by atoms with Gasteiger partial charge in [-0.3, -0.25) is 4.79 Å². The summed E-state index contributed by atoms with van der Waals surface area (Å²) in [4.78, 5) is 22.7. The number of benzene rings is 1. The Morgan fingerprint density at radius 3 is 2.60 bits per heavy atom. The maximum atomic E-state index is 12.0. The van der Waals surface area contributed by atoms with Gasteiger partial charge in [-0.15, -0.1) is 0 Å². The third kappa shape index (κ3) is 3.03. The number of rotatable bonds is 5. The van der Waals surface area contributed by atoms with E-state index in [1.807, 2.05) is 37.3 Å². The molecule has 1 atom stereocenters. The number of aromatic nitrogens is 1. The molecule has 1 heterocycles. The second kappa shape index (κ2) is 6.01. The monoisotopic (exact) mass is 274 g/mol. The summed E-state index contributed by atoms with van der Waals surface area (Å²) in [7, 11) is 0. The SMILES string of the molecule is CCC(NC(=O)c1cc(C(=O)O)on1)c1ccccc1. The molecular formula is C14H14N2O4. The summed E-state index contributed by atoms with van der Waals surface area (Å²) in [5.74, 6) is -2.08. The van der Waals surface area contributed by atoms with Crippen molar-refractivity contribution >= 4 is 11.9 Å². The van der Waals surface area contributed by atoms with E-state index in [9.17, 15) is 9.59 Å². The van der Waals surface area contributed by atoms with Crippen LogP contribution in [0.3, 0.4) is 0 Å². The molecule has 1 unspecified atom stereocenters. The topological polar surface area (TPSA) is 92.4 Å². The van der Waals surface area contributed by atoms with Crippen LogP contribution in [0, 0.1) is 0 Å². The van der Waals surface area contributed by atoms with Crippen molar-refractivity contribution in [1.82, 2.24) is 10.5 Å². The van der Waals surface area contributed by atoms with Crippen LogP contribution in [0.15, 0.2) is 40.9 Å². The molecule has 0 saturated heterocycles. The van der Waals surface area contributed by atoms with E-state index in [0.717, 1.165) is 11.6 Å². The van der Waals surface area contributed by atoms with Gasteiger partial charge in [0.15, 0.2) is 5.69 Å². The molecular weight excluding hydrogens is 260 g/mol. The van der Waals surface area contributed by atoms with Crippen LogP contribution in [0.2, 0.25) is 0 Å². The minimum absolute atomic E-state index is 0.0446. The average Bonchev–Trinajstić information content (AvgIpc) is 2.95. The van der Waals surface area contributed by atoms with Gasteiger partial charge in [-0.2, -0.15) is 0 Å². The Balaban J connectivity index is 2.11. The quantitative estimate of drug-likeness (QED) is 0.872. The van der Waals surface area contributed by atoms with E-state index in [1.165, 1.54) is 0 Å². The van der Waals surface area contributed by atoms with Crippen LogP contribution < -0.4 is 5.32 Å². The van der Waals surface area contributed by atoms with Gasteiger partial charge in [-0.25, -0.2) is 4.79 Å². The maximum absolute atomic E-state index is 12.0. The number of carbonyl (C=O) groups excluding carboxylic acids is 1. The Labute approximate surface area is 115 Å². The Bertz CT molecular complexity index is 607. The molecule has 1 amide bonds. The zero-order valence-electron chi connectivity index (χ0n) is 10.9. The zero-order valence-corrected chi connectivity index (χ0v) is 10.9. The molecule has 0 saturated carbocycles. The minimum Gasteiger partial charge on any atom is -0.475 e. The molecule has 2 aromatic rings. The van der Waals surface area contributed by atoms with Gasteiger partial charge in [0.25, 0.3) is 5.91 Å². The van der Waals surface area contributed by atoms with Crippen molar-refractivity contribution in [2.45, 2.75) is 19.4 Å². The summed E-state index contributed by atoms with van der Waals surface area (Å²) in [5.41, 5.74) is 0.932. The first kappa shape index (κ1) is 13.8. The number of hydrogen-bond donors (Lipinski definition) is 2. The summed E-state index contributed by atoms with van der Waals surface area (Å²) < 4.78 is 4.56. The average molecular weight is 274 g/mol. The molecule has 104 valence electrons. The molecule has 2 N–H and O–H groups in total. The van der Waals surface area contributed by atoms with E-state index < -0.39 is 11.9 Å². The fourth-order valence-corrected chi connectivity index (χ4v) is 1.82. The van der Waals surface area contributed by atoms with E-state index >= 15 is 0 Å². The van der Waals surface area contributed by atoms with Crippen LogP contribution in [0.5, 0.6) is 0 Å². The van der Waals surface area contributed by atoms with Gasteiger partial charge in [0.1, 0.15) is 0 Å². The highest BCUT2D eigenvalue weighted by molar-refractivity contribution is 5.95. The van der Waals surface area contributed by atoms with Crippen LogP contribution in [-0.2, 0) is 0 Å². The molecule has 0 bridgehead atoms. The van der Waals surface area contributed by atoms with E-state index in [1.54, 1.807) is 0 Å². The largest absolute Gasteiger partial charge is 0.475 e. The van der Waals surface area contributed by atoms with Crippen LogP contribution in [0.25, 0.3) is 0 Å². The van der Waals surface area contributed by atoms with Crippen molar-refractivity contribution in [1.29, 1.82) is 0 Å². The number of carbonyl (C=O) groups is 2. The normalized spacial score (nSPS) is 11.8. The number of nitrogens with zero attached hydrogens (tertiary/aromatic N) is 1. The number of carboxylic acids is 1. The van der Waals surface area contributed by atoms with Crippen LogP contribution in [0.1, 0.15) is 46.0 Å². The fraction of sp³-hybridized carbons (Fsp3) is 0.214. The van der Waals surface area contributed by atoms with E-state index in [0.29, 0.717) is 6.42 Å². The Hall–Kier alpha value is -2.63. The van der Waals surface area contributed by atoms with Gasteiger partial charge in [-0.1, -0.05) is 42.4 Å². The van der Waals surface area contributed by atoms with Crippen LogP contribution in [0.4, 0.5) is 0 Å². The second-order valence-corrected chi connectivity index (χ2v) is 4.23. The lowest BCUT2D eigenvalue weighted by Gasteiger charge is -2.16. The summed E-state index contributed by atoms with van der Waals surface area (Å²) >= 11 is 0. The predicted octanol–water partition coefficient (Wildman–Crippen LogP) is 2.25. The molecule has 0 fully saturated rings. The molecule has 0 aliphatic rings. The predicted molar refractivity (Wildman–Crippen MR) is 70.4 cm³/mol. The van der Waals surface area contributed by atoms with E-state index in [2.05, 4.69) is 15.0 Å². The smallest absolute Gasteiger partial charge is 0.374 e. The van der Waals surface area contributed by atoms with Crippen LogP contribution in [-0.4, -0.2) is 22.1 Å². The fourth-order valence-electron chi connectivity index (χ4n) is 1.82. The molecule has 0 aliphatic heterocycles. The summed E-state index contributed by atoms with van der Waals surface area (Å²) in [6.45, 7) is 1.95. The molecule has 0 spiro atoms. The molecule has 0 radical (unpaired) electrons. The number of hydrogen-bond acceptors (Lipinski definition) is 4. The minimum atomic E-state index is -1.26. The van der Waals surface area contributed by atoms with Gasteiger partial charge < -0.3 is 14.9 Å². The van der Waals surface area contributed by atoms with Crippen molar-refractivity contribution in [3.8, 4) is 0 Å². The summed E-state index contributed by atoms with van der Waals surface area (Å²) in [6, 6.07) is 10.5. The van der Waals surface area contributed by atoms with Crippen molar-refractivity contribution in [2.75, 3.05) is 0 Å². The molecule has 0 aliphatic carbocycles. The van der Waals surface area contributed by atoms with E-state index in [-0.39, 0.29) is 17.5 Å². The van der Waals surface area contributed by atoms with E-state index in [4.69, 9.17) is 5.11 Å². The first-order chi connectivity index (χ1) is 9.61. The molecule has 20 heavy (non-hydrogen) atoms. The number of aromatic carboxylic acids is 1. The Kier molecular flexibility index (Phi) is 4.14. The lowest BCUT2D eigenvalue weighted by molar-refractivity contribution is 0.0651. The Morgan fingerprint density at radius 2 is 2.05 bits per heavy atom. The number of carboxylic acid groups (broad SMARTS) is 1. The summed E-state index contributed by atoms with van der Waals surface area (Å²) in [6.07, 6.45) is 0.708. The highest BCUT2D eigenvalue weighted by Gasteiger charge is 2.19. The maximum Gasteiger partial charge on any atom is 0.374 e. The van der Waals surface area contributed by atoms with Crippen molar-refractivity contribution in [2.24, 2.45) is 0 Å². The summed E-state index contributed by atoms with van der Waals surface area (Å²) in [5, 5.41) is 15.0. The standard InChI is InChI=1S/C14H14N2O4/c1-2-10(9-6-4-3-5-7-9)15-13(17)11-8-12(14(18)19)20-16-11/h3-8,10H,2H2,1H3,(H,15,17)(H,18,19). The number of amides is 1. The van der Waals surface area contributed by atoms with Gasteiger partial charge in [0.05, 0.1) is 6.04 Å². The lowest BCUT2D eigenvalue weighted by Crippen LogP contribution is -2.28. The van der Waals surface area contributed by atoms with Crippen molar-refractivity contribution in [3.63, 3.8) is 0 Å². The third-order valence-corrected chi connectivity index (χ3v) is 2.87. The van der Waals surface area contributed by atoms with Crippen molar-refractivity contribution < 1.29 is 19.2 Å². The number of nitrogens with one attached hydrogen (secondary N) is 1. The first-order valence-corrected chi connectivity index (χ1v) is 6.17. The van der Waals surface area contributed by atoms with Gasteiger partial charge >= 0.3 is 5.97 Å². The molecule has 6 nitrogen and oxygen atoms in total. The molecule has 2 rings (SSSR count). The third-order valence-electron chi connectivity index (χ3n) is 2.87. The van der Waals surface area contributed by atoms with Gasteiger partial charge in [0.2, 0.25) is 5.76 Å². The van der Waals surface area contributed by atoms with Gasteiger partial charge in [-0.05, 0) is 12.0 Å². The molecule has 6 heteroatoms. The highest BCUT2D eigenvalue weighted by Crippen LogP contribution is 2.16. The van der Waals surface area contributed by atoms with Crippen molar-refractivity contribution in [3.05, 3.63) is 53.4 Å². The second-order valence-electron chi connectivity index (χ2n) is 4.23. The zero-order chi connectivity index (χ0) is 14.5. The van der Waals surface area contributed by atoms with Crippen LogP contribution >= 0.6 is 0 Å². The highest BCUT2D eigenvalue weighted by atomic mass is 16.5. The first-order valence-electron chi connectivity index (χ1n) is 6.17. The Morgan fingerprint density at radius 1 is 1.35 bits per heavy atom. The lowest BCUT2D eigenvalue weighted by atomic mass is 10.0. The molecule has 1 aromatic heterocycles. The molecule has 1 aromatic carbocycles.